The van der Waals surface area contributed by atoms with Gasteiger partial charge in [-0.15, -0.1) is 0 Å². The van der Waals surface area contributed by atoms with E-state index in [-0.39, 0.29) is 19.6 Å². The van der Waals surface area contributed by atoms with E-state index >= 15 is 0 Å². The molecule has 5 aliphatic rings. The fourth-order valence-corrected chi connectivity index (χ4v) is 7.08. The molecule has 19 nitrogen and oxygen atoms in total. The maximum atomic E-state index is 11.3. The minimum atomic E-state index is -1.60. The Hall–Kier alpha value is -1.80. The molecule has 1 aromatic carbocycles. The van der Waals surface area contributed by atoms with Crippen molar-refractivity contribution in [1.29, 1.82) is 0 Å². The summed E-state index contributed by atoms with van der Waals surface area (Å²) in [6, 6.07) is 5.48. The lowest BCUT2D eigenvalue weighted by Crippen LogP contribution is -2.69. The average molecular weight is 730 g/mol. The van der Waals surface area contributed by atoms with E-state index in [9.17, 15) is 30.6 Å². The lowest BCUT2D eigenvalue weighted by atomic mass is 9.84. The summed E-state index contributed by atoms with van der Waals surface area (Å²) in [7, 11) is 0. The Kier molecular flexibility index (Phi) is 12.7. The fraction of sp³-hybridized carbons (Fsp3) is 0.750. The van der Waals surface area contributed by atoms with Crippen molar-refractivity contribution in [3.63, 3.8) is 0 Å². The van der Waals surface area contributed by atoms with Crippen molar-refractivity contribution in [1.82, 2.24) is 0 Å². The molecule has 6 rings (SSSR count). The summed E-state index contributed by atoms with van der Waals surface area (Å²) < 4.78 is 47.5. The molecule has 51 heavy (non-hydrogen) atoms. The number of hydrogen-bond donors (Lipinski definition) is 11. The summed E-state index contributed by atoms with van der Waals surface area (Å²) in [6.45, 7) is -0.755. The predicted molar refractivity (Wildman–Crippen MR) is 173 cm³/mol. The van der Waals surface area contributed by atoms with Gasteiger partial charge in [0, 0.05) is 18.6 Å². The van der Waals surface area contributed by atoms with Crippen molar-refractivity contribution in [3.8, 4) is 0 Å². The summed E-state index contributed by atoms with van der Waals surface area (Å²) in [5.74, 6) is 0. The van der Waals surface area contributed by atoms with Crippen LogP contribution < -0.4 is 28.7 Å². The van der Waals surface area contributed by atoms with Gasteiger partial charge < -0.3 is 97.2 Å². The Labute approximate surface area is 294 Å². The second-order valence-electron chi connectivity index (χ2n) is 13.6. The SMILES string of the molecule is NC[C@@H]1O[C@H](O[C@H]2[C@@H](O)[C@H](O[C@@H]3[C@@H](O)[C@H](N)C[C@H](N)[C@H]3O[C@H]3O[C@@H]4CO[C@@H](/C=C/c5ccccc5)O[C@H]4[C@H](O)[C@H]3N)O[C@@H]2CO)[C@H](N)[C@@H](O)[C@@H]1O. The number of aliphatic hydroxyl groups excluding tert-OH is 6. The molecule has 0 spiro atoms. The zero-order valence-corrected chi connectivity index (χ0v) is 27.8. The van der Waals surface area contributed by atoms with Gasteiger partial charge in [-0.05, 0) is 18.1 Å². The maximum absolute atomic E-state index is 11.3. The number of rotatable bonds is 10. The molecular weight excluding hydrogens is 678 g/mol. The van der Waals surface area contributed by atoms with Gasteiger partial charge in [0.05, 0.1) is 31.4 Å². The minimum absolute atomic E-state index is 0.0463. The summed E-state index contributed by atoms with van der Waals surface area (Å²) in [5, 5.41) is 64.3. The second kappa shape index (κ2) is 16.7. The number of fused-ring (bicyclic) bond motifs is 1. The molecule has 5 fully saturated rings. The van der Waals surface area contributed by atoms with Crippen molar-refractivity contribution in [2.75, 3.05) is 19.8 Å². The molecule has 4 heterocycles. The van der Waals surface area contributed by atoms with Crippen molar-refractivity contribution in [2.24, 2.45) is 28.7 Å². The number of nitrogens with two attached hydrogens (primary N) is 5. The Balaban J connectivity index is 1.12. The van der Waals surface area contributed by atoms with Crippen LogP contribution >= 0.6 is 0 Å². The molecule has 1 saturated carbocycles. The molecule has 4 saturated heterocycles. The van der Waals surface area contributed by atoms with Gasteiger partial charge in [0.25, 0.3) is 0 Å². The molecule has 0 radical (unpaired) electrons. The quantitative estimate of drug-likeness (QED) is 0.107. The largest absolute Gasteiger partial charge is 0.394 e. The zero-order chi connectivity index (χ0) is 36.6. The molecule has 4 aliphatic heterocycles. The summed E-state index contributed by atoms with van der Waals surface area (Å²) in [6.07, 6.45) is -15.9. The number of ether oxygens (including phenoxy) is 8. The Bertz CT molecular complexity index is 1290. The lowest BCUT2D eigenvalue weighted by Gasteiger charge is -2.49. The monoisotopic (exact) mass is 729 g/mol. The van der Waals surface area contributed by atoms with Crippen LogP contribution in [0.25, 0.3) is 6.08 Å². The highest BCUT2D eigenvalue weighted by Gasteiger charge is 2.55. The zero-order valence-electron chi connectivity index (χ0n) is 27.8. The number of benzene rings is 1. The van der Waals surface area contributed by atoms with E-state index in [4.69, 9.17) is 66.6 Å². The van der Waals surface area contributed by atoms with Crippen molar-refractivity contribution in [2.45, 2.75) is 129 Å². The highest BCUT2D eigenvalue weighted by Crippen LogP contribution is 2.35. The average Bonchev–Trinajstić information content (AvgIpc) is 3.43. The molecule has 1 aliphatic carbocycles. The summed E-state index contributed by atoms with van der Waals surface area (Å²) in [5.41, 5.74) is 31.7. The highest BCUT2D eigenvalue weighted by atomic mass is 16.8. The first-order valence-electron chi connectivity index (χ1n) is 17.1. The van der Waals surface area contributed by atoms with E-state index in [1.54, 1.807) is 6.08 Å². The standard InChI is InChI=1S/C32H51N5O14/c33-9-15-22(40)23(41)19(36)30(45-15)50-27-16(10-38)46-32(25(27)43)51-29-21(39)13(34)8-14(35)26(29)49-31-20(37)24(42)28-17(47-31)11-44-18(48-28)7-6-12-4-2-1-3-5-12/h1-7,13-32,38-43H,8-11,33-37H2/b7-6+/t13-,14+,15+,16-,17-,18-,19-,20-,21+,22-,23-,24-,25-,26-,27-,28-,29-,30-,31-,32+/m1/s1. The first kappa shape index (κ1) is 38.9. The van der Waals surface area contributed by atoms with Crippen LogP contribution in [0.4, 0.5) is 0 Å². The van der Waals surface area contributed by atoms with Crippen LogP contribution in [0.3, 0.4) is 0 Å². The molecule has 288 valence electrons. The van der Waals surface area contributed by atoms with E-state index in [0.29, 0.717) is 0 Å². The van der Waals surface area contributed by atoms with E-state index in [1.807, 2.05) is 36.4 Å². The first-order chi connectivity index (χ1) is 24.4. The van der Waals surface area contributed by atoms with Crippen LogP contribution in [0, 0.1) is 0 Å². The van der Waals surface area contributed by atoms with Crippen molar-refractivity contribution >= 4 is 6.08 Å². The second-order valence-corrected chi connectivity index (χ2v) is 13.6. The third-order valence-electron chi connectivity index (χ3n) is 10.1. The third-order valence-corrected chi connectivity index (χ3v) is 10.1. The van der Waals surface area contributed by atoms with E-state index in [2.05, 4.69) is 0 Å². The molecular formula is C32H51N5O14. The summed E-state index contributed by atoms with van der Waals surface area (Å²) in [4.78, 5) is 0. The Morgan fingerprint density at radius 3 is 2.04 bits per heavy atom. The van der Waals surface area contributed by atoms with Crippen LogP contribution in [0.1, 0.15) is 12.0 Å². The van der Waals surface area contributed by atoms with Crippen LogP contribution in [-0.2, 0) is 37.9 Å². The van der Waals surface area contributed by atoms with Gasteiger partial charge in [-0.3, -0.25) is 0 Å². The van der Waals surface area contributed by atoms with Crippen LogP contribution in [0.2, 0.25) is 0 Å². The molecule has 16 N–H and O–H groups in total. The topological polar surface area (TPSA) is 325 Å². The van der Waals surface area contributed by atoms with Crippen LogP contribution in [0.5, 0.6) is 0 Å². The lowest BCUT2D eigenvalue weighted by molar-refractivity contribution is -0.347. The summed E-state index contributed by atoms with van der Waals surface area (Å²) >= 11 is 0. The Morgan fingerprint density at radius 1 is 0.686 bits per heavy atom. The van der Waals surface area contributed by atoms with E-state index in [1.165, 1.54) is 0 Å². The smallest absolute Gasteiger partial charge is 0.187 e. The van der Waals surface area contributed by atoms with Gasteiger partial charge in [0.15, 0.2) is 25.2 Å². The number of hydrogen-bond acceptors (Lipinski definition) is 19. The molecule has 1 aromatic rings. The molecule has 0 unspecified atom stereocenters. The molecule has 20 atom stereocenters. The normalized spacial score (nSPS) is 49.2. The number of aliphatic hydroxyl groups is 6. The van der Waals surface area contributed by atoms with E-state index in [0.717, 1.165) is 5.56 Å². The molecule has 0 amide bonds. The van der Waals surface area contributed by atoms with E-state index < -0.39 is 129 Å². The highest BCUT2D eigenvalue weighted by molar-refractivity contribution is 5.49. The predicted octanol–water partition coefficient (Wildman–Crippen LogP) is -5.76. The molecule has 19 heteroatoms. The Morgan fingerprint density at radius 2 is 1.33 bits per heavy atom. The van der Waals surface area contributed by atoms with Crippen LogP contribution in [-0.4, -0.2) is 173 Å². The van der Waals surface area contributed by atoms with Crippen molar-refractivity contribution in [3.05, 3.63) is 42.0 Å². The first-order valence-corrected chi connectivity index (χ1v) is 17.1. The van der Waals surface area contributed by atoms with Gasteiger partial charge in [-0.1, -0.05) is 36.4 Å². The van der Waals surface area contributed by atoms with Crippen LogP contribution in [0.15, 0.2) is 36.4 Å². The molecule has 0 bridgehead atoms. The van der Waals surface area contributed by atoms with Gasteiger partial charge in [0.2, 0.25) is 0 Å². The van der Waals surface area contributed by atoms with Gasteiger partial charge in [-0.2, -0.15) is 0 Å². The van der Waals surface area contributed by atoms with Gasteiger partial charge in [-0.25, -0.2) is 0 Å². The van der Waals surface area contributed by atoms with Gasteiger partial charge >= 0.3 is 0 Å². The third kappa shape index (κ3) is 8.17. The molecule has 0 aromatic heterocycles. The minimum Gasteiger partial charge on any atom is -0.394 e. The van der Waals surface area contributed by atoms with Crippen molar-refractivity contribution < 1.29 is 68.5 Å². The van der Waals surface area contributed by atoms with Gasteiger partial charge in [0.1, 0.15) is 67.1 Å². The fourth-order valence-electron chi connectivity index (χ4n) is 7.08. The maximum Gasteiger partial charge on any atom is 0.187 e.